The van der Waals surface area contributed by atoms with E-state index in [1.165, 1.54) is 18.4 Å². The number of nitrogens with one attached hydrogen (secondary N) is 1. The summed E-state index contributed by atoms with van der Waals surface area (Å²) in [5.74, 6) is 0.882. The van der Waals surface area contributed by atoms with Crippen molar-refractivity contribution in [2.75, 3.05) is 19.7 Å². The predicted octanol–water partition coefficient (Wildman–Crippen LogP) is 2.58. The summed E-state index contributed by atoms with van der Waals surface area (Å²) < 4.78 is 5.60. The van der Waals surface area contributed by atoms with Crippen molar-refractivity contribution in [3.8, 4) is 0 Å². The Balaban J connectivity index is 1.54. The first-order chi connectivity index (χ1) is 11.2. The van der Waals surface area contributed by atoms with Gasteiger partial charge in [-0.25, -0.2) is 0 Å². The second kappa shape index (κ2) is 7.93. The van der Waals surface area contributed by atoms with Gasteiger partial charge in [0.15, 0.2) is 0 Å². The van der Waals surface area contributed by atoms with Crippen LogP contribution in [0.4, 0.5) is 0 Å². The highest BCUT2D eigenvalue weighted by Gasteiger charge is 2.34. The minimum atomic E-state index is 0.200. The highest BCUT2D eigenvalue weighted by molar-refractivity contribution is 5.78. The van der Waals surface area contributed by atoms with E-state index in [9.17, 15) is 4.79 Å². The van der Waals surface area contributed by atoms with E-state index < -0.39 is 0 Å². The Kier molecular flexibility index (Phi) is 5.68. The molecule has 1 aliphatic heterocycles. The van der Waals surface area contributed by atoms with Crippen LogP contribution in [-0.4, -0.2) is 42.6 Å². The summed E-state index contributed by atoms with van der Waals surface area (Å²) in [4.78, 5) is 14.8. The number of nitrogens with zero attached hydrogens (tertiary/aromatic N) is 1. The highest BCUT2D eigenvalue weighted by Crippen LogP contribution is 2.35. The first kappa shape index (κ1) is 16.5. The minimum absolute atomic E-state index is 0.200. The third-order valence-electron chi connectivity index (χ3n) is 4.98. The van der Waals surface area contributed by atoms with Crippen molar-refractivity contribution in [1.82, 2.24) is 10.2 Å². The van der Waals surface area contributed by atoms with E-state index in [0.717, 1.165) is 26.0 Å². The fourth-order valence-electron chi connectivity index (χ4n) is 3.32. The van der Waals surface area contributed by atoms with Crippen molar-refractivity contribution >= 4 is 5.91 Å². The Morgan fingerprint density at radius 2 is 2.09 bits per heavy atom. The van der Waals surface area contributed by atoms with Crippen LogP contribution < -0.4 is 5.32 Å². The lowest BCUT2D eigenvalue weighted by atomic mass is 10.1. The average molecular weight is 316 g/mol. The van der Waals surface area contributed by atoms with Crippen molar-refractivity contribution in [3.63, 3.8) is 0 Å². The van der Waals surface area contributed by atoms with Gasteiger partial charge in [0.1, 0.15) is 0 Å². The van der Waals surface area contributed by atoms with Gasteiger partial charge in [0, 0.05) is 25.7 Å². The molecule has 1 N–H and O–H groups in total. The quantitative estimate of drug-likeness (QED) is 0.801. The zero-order chi connectivity index (χ0) is 16.1. The fourth-order valence-corrected chi connectivity index (χ4v) is 3.32. The lowest BCUT2D eigenvalue weighted by Crippen LogP contribution is -2.45. The van der Waals surface area contributed by atoms with Crippen LogP contribution in [0.5, 0.6) is 0 Å². The molecule has 2 unspecified atom stereocenters. The number of carbonyl (C=O) groups is 1. The average Bonchev–Trinajstić information content (AvgIpc) is 3.30. The van der Waals surface area contributed by atoms with Crippen LogP contribution in [0.1, 0.15) is 38.2 Å². The molecule has 2 atom stereocenters. The maximum atomic E-state index is 12.7. The zero-order valence-electron chi connectivity index (χ0n) is 14.0. The van der Waals surface area contributed by atoms with Gasteiger partial charge in [0.05, 0.1) is 12.6 Å². The highest BCUT2D eigenvalue weighted by atomic mass is 16.5. The summed E-state index contributed by atoms with van der Waals surface area (Å²) in [6.45, 7) is 4.95. The molecule has 0 bridgehead atoms. The van der Waals surface area contributed by atoms with Gasteiger partial charge in [-0.1, -0.05) is 30.3 Å². The van der Waals surface area contributed by atoms with Crippen molar-refractivity contribution in [3.05, 3.63) is 35.9 Å². The molecule has 1 aromatic carbocycles. The molecule has 2 fully saturated rings. The van der Waals surface area contributed by atoms with E-state index in [1.54, 1.807) is 0 Å². The molecule has 0 spiro atoms. The summed E-state index contributed by atoms with van der Waals surface area (Å²) >= 11 is 0. The standard InChI is InChI=1S/C19H28N2O2/c1-15(17-9-10-17)21(14-16-6-3-2-4-7-16)19(22)13-20-12-18-8-5-11-23-18/h2-4,6-7,15,17-18,20H,5,8-14H2,1H3. The molecule has 1 amide bonds. The molecular formula is C19H28N2O2. The minimum Gasteiger partial charge on any atom is -0.377 e. The number of rotatable bonds is 8. The van der Waals surface area contributed by atoms with Gasteiger partial charge in [0.2, 0.25) is 5.91 Å². The molecule has 1 saturated carbocycles. The summed E-state index contributed by atoms with van der Waals surface area (Å²) in [5, 5.41) is 3.29. The zero-order valence-corrected chi connectivity index (χ0v) is 14.0. The van der Waals surface area contributed by atoms with Crippen LogP contribution in [0.15, 0.2) is 30.3 Å². The molecule has 0 aromatic heterocycles. The fraction of sp³-hybridized carbons (Fsp3) is 0.632. The lowest BCUT2D eigenvalue weighted by molar-refractivity contribution is -0.133. The molecule has 23 heavy (non-hydrogen) atoms. The molecular weight excluding hydrogens is 288 g/mol. The van der Waals surface area contributed by atoms with Crippen LogP contribution in [-0.2, 0) is 16.1 Å². The van der Waals surface area contributed by atoms with Crippen molar-refractivity contribution in [2.24, 2.45) is 5.92 Å². The first-order valence-electron chi connectivity index (χ1n) is 8.90. The van der Waals surface area contributed by atoms with Crippen LogP contribution in [0.3, 0.4) is 0 Å². The van der Waals surface area contributed by atoms with Crippen LogP contribution in [0.2, 0.25) is 0 Å². The Morgan fingerprint density at radius 1 is 1.30 bits per heavy atom. The second-order valence-corrected chi connectivity index (χ2v) is 6.85. The molecule has 1 aromatic rings. The van der Waals surface area contributed by atoms with Gasteiger partial charge in [-0.05, 0) is 44.1 Å². The van der Waals surface area contributed by atoms with Crippen molar-refractivity contribution in [2.45, 2.75) is 51.3 Å². The molecule has 4 nitrogen and oxygen atoms in total. The molecule has 0 radical (unpaired) electrons. The van der Waals surface area contributed by atoms with Gasteiger partial charge in [0.25, 0.3) is 0 Å². The molecule has 126 valence electrons. The topological polar surface area (TPSA) is 41.6 Å². The maximum absolute atomic E-state index is 12.7. The normalized spacial score (nSPS) is 22.0. The van der Waals surface area contributed by atoms with Crippen molar-refractivity contribution < 1.29 is 9.53 Å². The van der Waals surface area contributed by atoms with E-state index in [0.29, 0.717) is 25.0 Å². The van der Waals surface area contributed by atoms with E-state index >= 15 is 0 Å². The van der Waals surface area contributed by atoms with Crippen LogP contribution in [0.25, 0.3) is 0 Å². The van der Waals surface area contributed by atoms with E-state index in [4.69, 9.17) is 4.74 Å². The largest absolute Gasteiger partial charge is 0.377 e. The number of ether oxygens (including phenoxy) is 1. The predicted molar refractivity (Wildman–Crippen MR) is 91.0 cm³/mol. The first-order valence-corrected chi connectivity index (χ1v) is 8.90. The molecule has 3 rings (SSSR count). The number of benzene rings is 1. The smallest absolute Gasteiger partial charge is 0.237 e. The number of hydrogen-bond donors (Lipinski definition) is 1. The monoisotopic (exact) mass is 316 g/mol. The van der Waals surface area contributed by atoms with Crippen LogP contribution in [0, 0.1) is 5.92 Å². The summed E-state index contributed by atoms with van der Waals surface area (Å²) in [5.41, 5.74) is 1.20. The summed E-state index contributed by atoms with van der Waals surface area (Å²) in [6, 6.07) is 10.6. The van der Waals surface area contributed by atoms with E-state index in [1.807, 2.05) is 18.2 Å². The lowest BCUT2D eigenvalue weighted by Gasteiger charge is -2.30. The van der Waals surface area contributed by atoms with Gasteiger partial charge < -0.3 is 15.0 Å². The molecule has 4 heteroatoms. The molecule has 1 aliphatic carbocycles. The van der Waals surface area contributed by atoms with Gasteiger partial charge >= 0.3 is 0 Å². The van der Waals surface area contributed by atoms with E-state index in [-0.39, 0.29) is 12.0 Å². The Hall–Kier alpha value is -1.39. The Labute approximate surface area is 139 Å². The van der Waals surface area contributed by atoms with Crippen molar-refractivity contribution in [1.29, 1.82) is 0 Å². The molecule has 1 heterocycles. The molecule has 1 saturated heterocycles. The maximum Gasteiger partial charge on any atom is 0.237 e. The van der Waals surface area contributed by atoms with Gasteiger partial charge in [-0.2, -0.15) is 0 Å². The number of hydrogen-bond acceptors (Lipinski definition) is 3. The van der Waals surface area contributed by atoms with Gasteiger partial charge in [-0.15, -0.1) is 0 Å². The summed E-state index contributed by atoms with van der Waals surface area (Å²) in [6.07, 6.45) is 5.03. The Bertz CT molecular complexity index is 495. The second-order valence-electron chi connectivity index (χ2n) is 6.85. The van der Waals surface area contributed by atoms with E-state index in [2.05, 4.69) is 29.3 Å². The molecule has 2 aliphatic rings. The third kappa shape index (κ3) is 4.79. The summed E-state index contributed by atoms with van der Waals surface area (Å²) in [7, 11) is 0. The SMILES string of the molecule is CC(C1CC1)N(Cc1ccccc1)C(=O)CNCC1CCCO1. The van der Waals surface area contributed by atoms with Crippen LogP contribution >= 0.6 is 0 Å². The van der Waals surface area contributed by atoms with Gasteiger partial charge in [-0.3, -0.25) is 4.79 Å². The Morgan fingerprint density at radius 3 is 2.74 bits per heavy atom. The number of carbonyl (C=O) groups excluding carboxylic acids is 1. The number of amides is 1. The third-order valence-corrected chi connectivity index (χ3v) is 4.98.